The maximum absolute atomic E-state index is 3.03. The maximum Gasteiger partial charge on any atom is -0.0350 e. The van der Waals surface area contributed by atoms with Gasteiger partial charge in [0, 0.05) is 0 Å². The Hall–Kier alpha value is 0.430. The molecular formula is C18H39P. The smallest absolute Gasteiger partial charge is 0.0350 e. The highest BCUT2D eigenvalue weighted by molar-refractivity contribution is 7.16. The molecule has 0 heterocycles. The van der Waals surface area contributed by atoms with Gasteiger partial charge in [0.25, 0.3) is 0 Å². The molecule has 0 bridgehead atoms. The van der Waals surface area contributed by atoms with Crippen molar-refractivity contribution in [3.63, 3.8) is 0 Å². The summed E-state index contributed by atoms with van der Waals surface area (Å²) >= 11 is 0. The minimum Gasteiger partial charge on any atom is -0.137 e. The molecular weight excluding hydrogens is 247 g/mol. The van der Waals surface area contributed by atoms with Gasteiger partial charge in [0.15, 0.2) is 0 Å². The molecule has 0 aliphatic carbocycles. The molecule has 0 saturated carbocycles. The molecule has 0 aromatic carbocycles. The Balaban J connectivity index is 4.13. The molecule has 19 heavy (non-hydrogen) atoms. The van der Waals surface area contributed by atoms with Crippen LogP contribution in [0.25, 0.3) is 0 Å². The van der Waals surface area contributed by atoms with Crippen LogP contribution < -0.4 is 0 Å². The molecule has 0 saturated heterocycles. The predicted octanol–water partition coefficient (Wildman–Crippen LogP) is 6.83. The second-order valence-electron chi connectivity index (χ2n) is 6.24. The minimum atomic E-state index is 0.977. The highest BCUT2D eigenvalue weighted by Crippen LogP contribution is 2.30. The summed E-state index contributed by atoms with van der Waals surface area (Å²) in [7, 11) is 3.03. The van der Waals surface area contributed by atoms with E-state index in [0.29, 0.717) is 0 Å². The molecule has 1 heteroatoms. The zero-order valence-corrected chi connectivity index (χ0v) is 15.1. The van der Waals surface area contributed by atoms with Gasteiger partial charge in [-0.2, -0.15) is 0 Å². The lowest BCUT2D eigenvalue weighted by atomic mass is 9.82. The fraction of sp³-hybridized carbons (Fsp3) is 1.00. The van der Waals surface area contributed by atoms with Gasteiger partial charge >= 0.3 is 0 Å². The zero-order chi connectivity index (χ0) is 14.3. The molecule has 0 nitrogen and oxygen atoms in total. The standard InChI is InChI=1S/C18H39P/c1-4-7-10-13-17(14-11-8-5-2)18(16-19)15-12-9-6-3/h17-18H,4-16,19H2,1-3H3. The third-order valence-electron chi connectivity index (χ3n) is 4.50. The van der Waals surface area contributed by atoms with Crippen LogP contribution in [0, 0.1) is 11.8 Å². The van der Waals surface area contributed by atoms with Crippen LogP contribution in [0.5, 0.6) is 0 Å². The minimum absolute atomic E-state index is 0.977. The average molecular weight is 286 g/mol. The monoisotopic (exact) mass is 286 g/mol. The lowest BCUT2D eigenvalue weighted by Crippen LogP contribution is -2.17. The fourth-order valence-electron chi connectivity index (χ4n) is 3.13. The topological polar surface area (TPSA) is 0 Å². The fourth-order valence-corrected chi connectivity index (χ4v) is 3.75. The summed E-state index contributed by atoms with van der Waals surface area (Å²) in [4.78, 5) is 0. The summed E-state index contributed by atoms with van der Waals surface area (Å²) in [5.41, 5.74) is 0. The van der Waals surface area contributed by atoms with Crippen molar-refractivity contribution in [2.45, 2.75) is 97.8 Å². The normalized spacial score (nSPS) is 13.1. The van der Waals surface area contributed by atoms with Crippen molar-refractivity contribution in [2.24, 2.45) is 11.8 Å². The zero-order valence-electron chi connectivity index (χ0n) is 13.9. The van der Waals surface area contributed by atoms with E-state index < -0.39 is 0 Å². The van der Waals surface area contributed by atoms with Crippen molar-refractivity contribution in [3.8, 4) is 0 Å². The molecule has 2 atom stereocenters. The molecule has 0 amide bonds. The van der Waals surface area contributed by atoms with E-state index in [-0.39, 0.29) is 0 Å². The summed E-state index contributed by atoms with van der Waals surface area (Å²) in [6.07, 6.45) is 18.5. The maximum atomic E-state index is 3.03. The Morgan fingerprint density at radius 3 is 1.26 bits per heavy atom. The molecule has 0 aliphatic rings. The van der Waals surface area contributed by atoms with E-state index in [0.717, 1.165) is 11.8 Å². The van der Waals surface area contributed by atoms with Crippen LogP contribution in [0.15, 0.2) is 0 Å². The molecule has 0 rings (SSSR count). The third-order valence-corrected chi connectivity index (χ3v) is 5.11. The molecule has 2 unspecified atom stereocenters. The van der Waals surface area contributed by atoms with E-state index in [9.17, 15) is 0 Å². The Morgan fingerprint density at radius 1 is 0.579 bits per heavy atom. The van der Waals surface area contributed by atoms with Crippen LogP contribution in [0.4, 0.5) is 0 Å². The number of rotatable bonds is 14. The second-order valence-corrected chi connectivity index (χ2v) is 6.71. The molecule has 0 N–H and O–H groups in total. The van der Waals surface area contributed by atoms with Crippen LogP contribution in [0.1, 0.15) is 97.8 Å². The molecule has 0 aromatic rings. The summed E-state index contributed by atoms with van der Waals surface area (Å²) in [6.45, 7) is 6.96. The molecule has 0 aliphatic heterocycles. The molecule has 116 valence electrons. The summed E-state index contributed by atoms with van der Waals surface area (Å²) in [5, 5.41) is 0. The molecule has 0 radical (unpaired) electrons. The quantitative estimate of drug-likeness (QED) is 0.242. The highest BCUT2D eigenvalue weighted by atomic mass is 31.0. The largest absolute Gasteiger partial charge is 0.137 e. The van der Waals surface area contributed by atoms with Gasteiger partial charge in [-0.1, -0.05) is 91.4 Å². The van der Waals surface area contributed by atoms with Crippen molar-refractivity contribution in [1.29, 1.82) is 0 Å². The molecule has 0 aromatic heterocycles. The van der Waals surface area contributed by atoms with Crippen LogP contribution in [0.2, 0.25) is 0 Å². The van der Waals surface area contributed by atoms with E-state index >= 15 is 0 Å². The summed E-state index contributed by atoms with van der Waals surface area (Å²) < 4.78 is 0. The van der Waals surface area contributed by atoms with E-state index in [2.05, 4.69) is 30.0 Å². The van der Waals surface area contributed by atoms with Crippen molar-refractivity contribution in [2.75, 3.05) is 6.16 Å². The lowest BCUT2D eigenvalue weighted by molar-refractivity contribution is 0.281. The Kier molecular flexibility index (Phi) is 15.2. The highest BCUT2D eigenvalue weighted by Gasteiger charge is 2.18. The van der Waals surface area contributed by atoms with Crippen molar-refractivity contribution >= 4 is 9.24 Å². The Morgan fingerprint density at radius 2 is 0.947 bits per heavy atom. The van der Waals surface area contributed by atoms with E-state index in [4.69, 9.17) is 0 Å². The average Bonchev–Trinajstić information content (AvgIpc) is 2.43. The van der Waals surface area contributed by atoms with Gasteiger partial charge in [0.1, 0.15) is 0 Å². The molecule has 0 fully saturated rings. The number of hydrogen-bond donors (Lipinski definition) is 0. The summed E-state index contributed by atoms with van der Waals surface area (Å²) in [5.74, 6) is 1.98. The van der Waals surface area contributed by atoms with Gasteiger partial charge in [0.05, 0.1) is 0 Å². The Bertz CT molecular complexity index is 157. The first-order chi connectivity index (χ1) is 9.29. The van der Waals surface area contributed by atoms with Crippen LogP contribution in [0.3, 0.4) is 0 Å². The van der Waals surface area contributed by atoms with E-state index in [1.165, 1.54) is 83.2 Å². The van der Waals surface area contributed by atoms with Crippen molar-refractivity contribution < 1.29 is 0 Å². The van der Waals surface area contributed by atoms with Gasteiger partial charge in [-0.25, -0.2) is 0 Å². The van der Waals surface area contributed by atoms with Crippen LogP contribution >= 0.6 is 9.24 Å². The van der Waals surface area contributed by atoms with Crippen LogP contribution in [-0.4, -0.2) is 6.16 Å². The first kappa shape index (κ1) is 19.4. The van der Waals surface area contributed by atoms with Gasteiger partial charge in [-0.05, 0) is 24.4 Å². The lowest BCUT2D eigenvalue weighted by Gasteiger charge is -2.26. The summed E-state index contributed by atoms with van der Waals surface area (Å²) in [6, 6.07) is 0. The first-order valence-corrected chi connectivity index (χ1v) is 9.81. The van der Waals surface area contributed by atoms with Crippen LogP contribution in [-0.2, 0) is 0 Å². The van der Waals surface area contributed by atoms with Crippen molar-refractivity contribution in [1.82, 2.24) is 0 Å². The second kappa shape index (κ2) is 14.8. The number of unbranched alkanes of at least 4 members (excludes halogenated alkanes) is 6. The van der Waals surface area contributed by atoms with Gasteiger partial charge in [-0.3, -0.25) is 0 Å². The molecule has 0 spiro atoms. The third kappa shape index (κ3) is 10.8. The van der Waals surface area contributed by atoms with Gasteiger partial charge in [-0.15, -0.1) is 9.24 Å². The van der Waals surface area contributed by atoms with E-state index in [1.54, 1.807) is 0 Å². The van der Waals surface area contributed by atoms with Crippen molar-refractivity contribution in [3.05, 3.63) is 0 Å². The first-order valence-electron chi connectivity index (χ1n) is 9.00. The predicted molar refractivity (Wildman–Crippen MR) is 94.0 cm³/mol. The van der Waals surface area contributed by atoms with Gasteiger partial charge in [0.2, 0.25) is 0 Å². The number of hydrogen-bond acceptors (Lipinski definition) is 0. The Labute approximate surface area is 125 Å². The van der Waals surface area contributed by atoms with Gasteiger partial charge < -0.3 is 0 Å². The van der Waals surface area contributed by atoms with E-state index in [1.807, 2.05) is 0 Å². The SMILES string of the molecule is CCCCCC(CP)C(CCCCC)CCCCC.